The number of carbonyl (C=O) groups is 1. The molecule has 0 radical (unpaired) electrons. The summed E-state index contributed by atoms with van der Waals surface area (Å²) in [4.78, 5) is 13.0. The Bertz CT molecular complexity index is 840. The number of hydrogen-bond donors (Lipinski definition) is 0. The van der Waals surface area contributed by atoms with Gasteiger partial charge in [0.15, 0.2) is 0 Å². The summed E-state index contributed by atoms with van der Waals surface area (Å²) in [5.41, 5.74) is 3.48. The molecular weight excluding hydrogens is 310 g/mol. The quantitative estimate of drug-likeness (QED) is 0.476. The molecule has 6 heteroatoms. The zero-order chi connectivity index (χ0) is 17.0. The van der Waals surface area contributed by atoms with Gasteiger partial charge in [0, 0.05) is 18.4 Å². The summed E-state index contributed by atoms with van der Waals surface area (Å²) in [6.07, 6.45) is 2.19. The molecule has 118 valence electrons. The van der Waals surface area contributed by atoms with Gasteiger partial charge in [0.1, 0.15) is 11.8 Å². The third-order valence-corrected chi connectivity index (χ3v) is 4.45. The van der Waals surface area contributed by atoms with E-state index in [9.17, 15) is 10.1 Å². The number of carbonyl (C=O) groups excluding carboxylic acids is 1. The SMILES string of the molecule is CCOC(=O)c1c(SCCC#N)c(C#N)c2c(C)cc(C)cn12. The van der Waals surface area contributed by atoms with Crippen LogP contribution in [-0.2, 0) is 4.74 Å². The van der Waals surface area contributed by atoms with Crippen LogP contribution in [0.3, 0.4) is 0 Å². The minimum Gasteiger partial charge on any atom is -0.461 e. The highest BCUT2D eigenvalue weighted by Crippen LogP contribution is 2.35. The summed E-state index contributed by atoms with van der Waals surface area (Å²) in [5.74, 6) is 0.0698. The second kappa shape index (κ2) is 7.21. The predicted molar refractivity (Wildman–Crippen MR) is 88.5 cm³/mol. The lowest BCUT2D eigenvalue weighted by atomic mass is 10.1. The summed E-state index contributed by atoms with van der Waals surface area (Å²) in [6, 6.07) is 6.27. The predicted octanol–water partition coefficient (Wildman–Crippen LogP) is 3.61. The van der Waals surface area contributed by atoms with E-state index >= 15 is 0 Å². The van der Waals surface area contributed by atoms with E-state index in [0.717, 1.165) is 16.6 Å². The first-order valence-electron chi connectivity index (χ1n) is 7.27. The van der Waals surface area contributed by atoms with Gasteiger partial charge in [-0.1, -0.05) is 6.07 Å². The Morgan fingerprint density at radius 3 is 2.74 bits per heavy atom. The molecule has 0 spiro atoms. The maximum atomic E-state index is 12.4. The number of fused-ring (bicyclic) bond motifs is 1. The minimum atomic E-state index is -0.451. The zero-order valence-electron chi connectivity index (χ0n) is 13.3. The van der Waals surface area contributed by atoms with E-state index in [0.29, 0.717) is 28.3 Å². The number of pyridine rings is 1. The monoisotopic (exact) mass is 327 g/mol. The zero-order valence-corrected chi connectivity index (χ0v) is 14.2. The second-order valence-electron chi connectivity index (χ2n) is 5.06. The molecule has 0 saturated heterocycles. The molecule has 0 N–H and O–H groups in total. The van der Waals surface area contributed by atoms with Crippen molar-refractivity contribution in [2.45, 2.75) is 32.1 Å². The van der Waals surface area contributed by atoms with Crippen LogP contribution >= 0.6 is 11.8 Å². The Balaban J connectivity index is 2.76. The Hall–Kier alpha value is -2.44. The molecule has 0 saturated carbocycles. The summed E-state index contributed by atoms with van der Waals surface area (Å²) in [5, 5.41) is 18.3. The van der Waals surface area contributed by atoms with Crippen LogP contribution in [0.15, 0.2) is 17.2 Å². The van der Waals surface area contributed by atoms with E-state index in [-0.39, 0.29) is 6.61 Å². The van der Waals surface area contributed by atoms with Crippen molar-refractivity contribution >= 4 is 23.2 Å². The molecule has 2 rings (SSSR count). The van der Waals surface area contributed by atoms with Gasteiger partial charge in [-0.3, -0.25) is 0 Å². The van der Waals surface area contributed by atoms with E-state index in [4.69, 9.17) is 10.00 Å². The Morgan fingerprint density at radius 1 is 1.39 bits per heavy atom. The van der Waals surface area contributed by atoms with Gasteiger partial charge in [0.05, 0.1) is 28.7 Å². The van der Waals surface area contributed by atoms with Gasteiger partial charge < -0.3 is 9.14 Å². The number of esters is 1. The van der Waals surface area contributed by atoms with Crippen LogP contribution in [0.5, 0.6) is 0 Å². The van der Waals surface area contributed by atoms with Crippen molar-refractivity contribution in [1.29, 1.82) is 10.5 Å². The maximum Gasteiger partial charge on any atom is 0.356 e. The second-order valence-corrected chi connectivity index (χ2v) is 6.17. The first-order chi connectivity index (χ1) is 11.0. The number of thioether (sulfide) groups is 1. The summed E-state index contributed by atoms with van der Waals surface area (Å²) >= 11 is 1.35. The van der Waals surface area contributed by atoms with Crippen LogP contribution in [0.1, 0.15) is 40.5 Å². The van der Waals surface area contributed by atoms with Crippen LogP contribution in [0, 0.1) is 36.5 Å². The van der Waals surface area contributed by atoms with Gasteiger partial charge in [-0.25, -0.2) is 4.79 Å². The smallest absolute Gasteiger partial charge is 0.356 e. The van der Waals surface area contributed by atoms with Gasteiger partial charge >= 0.3 is 5.97 Å². The fraction of sp³-hybridized carbons (Fsp3) is 0.353. The van der Waals surface area contributed by atoms with Crippen molar-refractivity contribution in [2.75, 3.05) is 12.4 Å². The fourth-order valence-electron chi connectivity index (χ4n) is 2.57. The van der Waals surface area contributed by atoms with E-state index in [2.05, 4.69) is 12.1 Å². The first kappa shape index (κ1) is 16.9. The minimum absolute atomic E-state index is 0.265. The first-order valence-corrected chi connectivity index (χ1v) is 8.25. The van der Waals surface area contributed by atoms with Crippen LogP contribution in [0.4, 0.5) is 0 Å². The van der Waals surface area contributed by atoms with E-state index < -0.39 is 5.97 Å². The van der Waals surface area contributed by atoms with Crippen LogP contribution < -0.4 is 0 Å². The molecular formula is C17H17N3O2S. The van der Waals surface area contributed by atoms with Gasteiger partial charge in [-0.15, -0.1) is 11.8 Å². The van der Waals surface area contributed by atoms with Gasteiger partial charge in [-0.05, 0) is 31.9 Å². The van der Waals surface area contributed by atoms with E-state index in [1.54, 1.807) is 11.3 Å². The van der Waals surface area contributed by atoms with Crippen molar-refractivity contribution in [1.82, 2.24) is 4.40 Å². The van der Waals surface area contributed by atoms with Crippen LogP contribution in [0.2, 0.25) is 0 Å². The van der Waals surface area contributed by atoms with Crippen molar-refractivity contribution in [2.24, 2.45) is 0 Å². The Kier molecular flexibility index (Phi) is 5.31. The molecule has 0 aromatic carbocycles. The fourth-order valence-corrected chi connectivity index (χ4v) is 3.57. The van der Waals surface area contributed by atoms with E-state index in [1.165, 1.54) is 11.8 Å². The van der Waals surface area contributed by atoms with Crippen LogP contribution in [-0.4, -0.2) is 22.7 Å². The normalized spacial score (nSPS) is 10.3. The van der Waals surface area contributed by atoms with Gasteiger partial charge in [0.25, 0.3) is 0 Å². The summed E-state index contributed by atoms with van der Waals surface area (Å²) in [6.45, 7) is 5.87. The number of rotatable bonds is 5. The third kappa shape index (κ3) is 3.18. The highest BCUT2D eigenvalue weighted by molar-refractivity contribution is 7.99. The number of hydrogen-bond acceptors (Lipinski definition) is 5. The van der Waals surface area contributed by atoms with E-state index in [1.807, 2.05) is 26.1 Å². The average Bonchev–Trinajstić information content (AvgIpc) is 2.81. The molecule has 0 amide bonds. The highest BCUT2D eigenvalue weighted by atomic mass is 32.2. The summed E-state index contributed by atoms with van der Waals surface area (Å²) < 4.78 is 6.92. The van der Waals surface area contributed by atoms with Crippen molar-refractivity contribution < 1.29 is 9.53 Å². The lowest BCUT2D eigenvalue weighted by Crippen LogP contribution is -2.09. The molecule has 0 bridgehead atoms. The summed E-state index contributed by atoms with van der Waals surface area (Å²) in [7, 11) is 0. The highest BCUT2D eigenvalue weighted by Gasteiger charge is 2.25. The molecule has 0 aliphatic carbocycles. The molecule has 2 aromatic rings. The molecule has 0 aliphatic heterocycles. The number of ether oxygens (including phenoxy) is 1. The topological polar surface area (TPSA) is 78.3 Å². The standard InChI is InChI=1S/C17H17N3O2S/c1-4-22-17(21)15-16(23-7-5-6-18)13(9-19)14-12(3)8-11(2)10-20(14)15/h8,10H,4-5,7H2,1-3H3. The lowest BCUT2D eigenvalue weighted by molar-refractivity contribution is 0.0514. The average molecular weight is 327 g/mol. The Labute approximate surface area is 139 Å². The number of nitrogens with zero attached hydrogens (tertiary/aromatic N) is 3. The van der Waals surface area contributed by atoms with Gasteiger partial charge in [-0.2, -0.15) is 10.5 Å². The number of aromatic nitrogens is 1. The maximum absolute atomic E-state index is 12.4. The van der Waals surface area contributed by atoms with Crippen molar-refractivity contribution in [3.05, 3.63) is 34.6 Å². The number of nitriles is 2. The third-order valence-electron chi connectivity index (χ3n) is 3.35. The van der Waals surface area contributed by atoms with Crippen molar-refractivity contribution in [3.8, 4) is 12.1 Å². The number of aryl methyl sites for hydroxylation is 2. The molecule has 0 unspecified atom stereocenters. The van der Waals surface area contributed by atoms with Crippen molar-refractivity contribution in [3.63, 3.8) is 0 Å². The molecule has 0 atom stereocenters. The largest absolute Gasteiger partial charge is 0.461 e. The molecule has 2 aromatic heterocycles. The molecule has 5 nitrogen and oxygen atoms in total. The molecule has 23 heavy (non-hydrogen) atoms. The lowest BCUT2D eigenvalue weighted by Gasteiger charge is -2.07. The van der Waals surface area contributed by atoms with Gasteiger partial charge in [0.2, 0.25) is 0 Å². The molecule has 0 fully saturated rings. The Morgan fingerprint density at radius 2 is 2.13 bits per heavy atom. The molecule has 0 aliphatic rings. The van der Waals surface area contributed by atoms with Crippen LogP contribution in [0.25, 0.3) is 5.52 Å². The molecule has 2 heterocycles.